The Morgan fingerprint density at radius 2 is 2.08 bits per heavy atom. The number of carbonyl (C=O) groups excluding carboxylic acids is 2. The third kappa shape index (κ3) is 4.17. The monoisotopic (exact) mass is 466 g/mol. The van der Waals surface area contributed by atoms with Crippen LogP contribution in [0.3, 0.4) is 0 Å². The molecule has 0 atom stereocenters. The van der Waals surface area contributed by atoms with E-state index < -0.39 is 5.91 Å². The minimum absolute atomic E-state index is 0.257. The SMILES string of the molecule is Cc1ccc(C(=O)NN2C(=O)/C(=C\c3cccc(Br)c3)SC2=S)c(Cl)c1. The van der Waals surface area contributed by atoms with E-state index in [1.54, 1.807) is 24.3 Å². The van der Waals surface area contributed by atoms with Crippen LogP contribution < -0.4 is 5.43 Å². The van der Waals surface area contributed by atoms with Gasteiger partial charge in [0.2, 0.25) is 0 Å². The maximum atomic E-state index is 12.6. The summed E-state index contributed by atoms with van der Waals surface area (Å²) in [7, 11) is 0. The van der Waals surface area contributed by atoms with Crippen LogP contribution in [-0.2, 0) is 4.79 Å². The van der Waals surface area contributed by atoms with Gasteiger partial charge < -0.3 is 0 Å². The molecule has 4 nitrogen and oxygen atoms in total. The number of benzene rings is 2. The average Bonchev–Trinajstić information content (AvgIpc) is 2.82. The van der Waals surface area contributed by atoms with Crippen LogP contribution >= 0.6 is 51.5 Å². The highest BCUT2D eigenvalue weighted by atomic mass is 79.9. The van der Waals surface area contributed by atoms with Crippen molar-refractivity contribution in [3.05, 3.63) is 73.6 Å². The second kappa shape index (κ2) is 7.92. The van der Waals surface area contributed by atoms with E-state index in [1.807, 2.05) is 31.2 Å². The molecule has 1 aliphatic heterocycles. The molecule has 1 saturated heterocycles. The summed E-state index contributed by atoms with van der Waals surface area (Å²) in [5, 5.41) is 1.39. The Labute approximate surface area is 173 Å². The number of rotatable bonds is 3. The molecule has 132 valence electrons. The molecule has 0 aromatic heterocycles. The maximum absolute atomic E-state index is 12.6. The zero-order valence-corrected chi connectivity index (χ0v) is 17.4. The van der Waals surface area contributed by atoms with E-state index in [9.17, 15) is 9.59 Å². The van der Waals surface area contributed by atoms with Crippen LogP contribution in [0, 0.1) is 6.92 Å². The number of halogens is 2. The number of aryl methyl sites for hydroxylation is 1. The fourth-order valence-electron chi connectivity index (χ4n) is 2.28. The highest BCUT2D eigenvalue weighted by Crippen LogP contribution is 2.32. The van der Waals surface area contributed by atoms with Crippen LogP contribution in [0.2, 0.25) is 5.02 Å². The van der Waals surface area contributed by atoms with Crippen molar-refractivity contribution in [3.8, 4) is 0 Å². The topological polar surface area (TPSA) is 49.4 Å². The lowest BCUT2D eigenvalue weighted by Crippen LogP contribution is -2.44. The molecule has 0 unspecified atom stereocenters. The van der Waals surface area contributed by atoms with Gasteiger partial charge in [-0.15, -0.1) is 0 Å². The fourth-order valence-corrected chi connectivity index (χ4v) is 4.20. The van der Waals surface area contributed by atoms with Crippen molar-refractivity contribution in [1.82, 2.24) is 10.4 Å². The number of amides is 2. The predicted octanol–water partition coefficient (Wildman–Crippen LogP) is 4.96. The molecule has 26 heavy (non-hydrogen) atoms. The lowest BCUT2D eigenvalue weighted by molar-refractivity contribution is -0.123. The number of hydrogen-bond donors (Lipinski definition) is 1. The van der Waals surface area contributed by atoms with Gasteiger partial charge in [0.15, 0.2) is 4.32 Å². The first kappa shape index (κ1) is 19.1. The summed E-state index contributed by atoms with van der Waals surface area (Å²) >= 11 is 15.9. The summed E-state index contributed by atoms with van der Waals surface area (Å²) < 4.78 is 1.16. The Balaban J connectivity index is 1.80. The Morgan fingerprint density at radius 3 is 2.77 bits per heavy atom. The molecule has 0 bridgehead atoms. The highest BCUT2D eigenvalue weighted by Gasteiger charge is 2.34. The zero-order chi connectivity index (χ0) is 18.8. The van der Waals surface area contributed by atoms with Crippen LogP contribution in [0.4, 0.5) is 0 Å². The smallest absolute Gasteiger partial charge is 0.267 e. The van der Waals surface area contributed by atoms with E-state index in [1.165, 1.54) is 0 Å². The van der Waals surface area contributed by atoms with E-state index in [0.29, 0.717) is 9.93 Å². The molecule has 2 aromatic carbocycles. The molecule has 8 heteroatoms. The van der Waals surface area contributed by atoms with Crippen molar-refractivity contribution in [2.45, 2.75) is 6.92 Å². The third-order valence-electron chi connectivity index (χ3n) is 3.52. The molecule has 3 rings (SSSR count). The van der Waals surface area contributed by atoms with Gasteiger partial charge in [-0.2, -0.15) is 5.01 Å². The normalized spacial score (nSPS) is 15.7. The summed E-state index contributed by atoms with van der Waals surface area (Å²) in [4.78, 5) is 25.5. The number of hydrogen-bond acceptors (Lipinski definition) is 4. The summed E-state index contributed by atoms with van der Waals surface area (Å²) in [6, 6.07) is 12.6. The first-order valence-electron chi connectivity index (χ1n) is 7.46. The molecule has 0 radical (unpaired) electrons. The Bertz CT molecular complexity index is 962. The van der Waals surface area contributed by atoms with Crippen molar-refractivity contribution < 1.29 is 9.59 Å². The molecular formula is C18H12BrClN2O2S2. The summed E-state index contributed by atoms with van der Waals surface area (Å²) in [5.41, 5.74) is 4.60. The van der Waals surface area contributed by atoms with Gasteiger partial charge in [-0.05, 0) is 60.6 Å². The minimum atomic E-state index is -0.491. The number of nitrogens with zero attached hydrogens (tertiary/aromatic N) is 1. The molecular weight excluding hydrogens is 456 g/mol. The first-order chi connectivity index (χ1) is 12.3. The lowest BCUT2D eigenvalue weighted by atomic mass is 10.1. The van der Waals surface area contributed by atoms with Crippen LogP contribution in [-0.4, -0.2) is 21.1 Å². The maximum Gasteiger partial charge on any atom is 0.285 e. The van der Waals surface area contributed by atoms with Crippen molar-refractivity contribution in [3.63, 3.8) is 0 Å². The summed E-state index contributed by atoms with van der Waals surface area (Å²) in [5.74, 6) is -0.869. The van der Waals surface area contributed by atoms with Gasteiger partial charge in [0.05, 0.1) is 15.5 Å². The Hall–Kier alpha value is -1.67. The average molecular weight is 468 g/mol. The van der Waals surface area contributed by atoms with E-state index in [4.69, 9.17) is 23.8 Å². The molecule has 0 spiro atoms. The number of thioether (sulfide) groups is 1. The van der Waals surface area contributed by atoms with Gasteiger partial charge in [-0.1, -0.05) is 57.5 Å². The van der Waals surface area contributed by atoms with Gasteiger partial charge in [-0.3, -0.25) is 15.0 Å². The quantitative estimate of drug-likeness (QED) is 0.512. The van der Waals surface area contributed by atoms with Crippen LogP contribution in [0.5, 0.6) is 0 Å². The van der Waals surface area contributed by atoms with E-state index in [-0.39, 0.29) is 15.8 Å². The summed E-state index contributed by atoms with van der Waals surface area (Å²) in [6.07, 6.45) is 1.73. The number of thiocarbonyl (C=S) groups is 1. The third-order valence-corrected chi connectivity index (χ3v) is 5.63. The van der Waals surface area contributed by atoms with Crippen LogP contribution in [0.15, 0.2) is 51.8 Å². The van der Waals surface area contributed by atoms with Crippen LogP contribution in [0.1, 0.15) is 21.5 Å². The second-order valence-corrected chi connectivity index (χ2v) is 8.49. The van der Waals surface area contributed by atoms with Gasteiger partial charge in [0, 0.05) is 4.47 Å². The van der Waals surface area contributed by atoms with Crippen LogP contribution in [0.25, 0.3) is 6.08 Å². The number of nitrogens with one attached hydrogen (secondary N) is 1. The van der Waals surface area contributed by atoms with E-state index in [2.05, 4.69) is 21.4 Å². The van der Waals surface area contributed by atoms with E-state index in [0.717, 1.165) is 32.4 Å². The predicted molar refractivity (Wildman–Crippen MR) is 113 cm³/mol. The molecule has 1 fully saturated rings. The van der Waals surface area contributed by atoms with Gasteiger partial charge >= 0.3 is 0 Å². The Morgan fingerprint density at radius 1 is 1.31 bits per heavy atom. The number of carbonyl (C=O) groups is 2. The molecule has 1 N–H and O–H groups in total. The van der Waals surface area contributed by atoms with E-state index >= 15 is 0 Å². The second-order valence-electron chi connectivity index (χ2n) is 5.50. The molecule has 1 aliphatic rings. The van der Waals surface area contributed by atoms with Crippen molar-refractivity contribution >= 4 is 73.7 Å². The molecule has 1 heterocycles. The van der Waals surface area contributed by atoms with Gasteiger partial charge in [0.1, 0.15) is 0 Å². The molecule has 2 aromatic rings. The Kier molecular flexibility index (Phi) is 5.82. The largest absolute Gasteiger partial charge is 0.285 e. The lowest BCUT2D eigenvalue weighted by Gasteiger charge is -2.16. The number of hydrazine groups is 1. The first-order valence-corrected chi connectivity index (χ1v) is 9.85. The molecule has 0 saturated carbocycles. The standard InChI is InChI=1S/C18H12BrClN2O2S2/c1-10-5-6-13(14(20)7-10)16(23)21-22-17(24)15(26-18(22)25)9-11-3-2-4-12(19)8-11/h2-9H,1H3,(H,21,23)/b15-9+. The summed E-state index contributed by atoms with van der Waals surface area (Å²) in [6.45, 7) is 1.88. The van der Waals surface area contributed by atoms with Gasteiger partial charge in [-0.25, -0.2) is 0 Å². The minimum Gasteiger partial charge on any atom is -0.267 e. The molecule has 0 aliphatic carbocycles. The van der Waals surface area contributed by atoms with Crippen molar-refractivity contribution in [2.75, 3.05) is 0 Å². The van der Waals surface area contributed by atoms with Crippen molar-refractivity contribution in [1.29, 1.82) is 0 Å². The fraction of sp³-hybridized carbons (Fsp3) is 0.0556. The van der Waals surface area contributed by atoms with Crippen molar-refractivity contribution in [2.24, 2.45) is 0 Å². The highest BCUT2D eigenvalue weighted by molar-refractivity contribution is 9.10. The molecule has 2 amide bonds. The van der Waals surface area contributed by atoms with Gasteiger partial charge in [0.25, 0.3) is 11.8 Å². The zero-order valence-electron chi connectivity index (χ0n) is 13.5.